The van der Waals surface area contributed by atoms with Crippen LogP contribution in [0.15, 0.2) is 30.3 Å². The number of rotatable bonds is 4. The van der Waals surface area contributed by atoms with E-state index in [9.17, 15) is 39.5 Å². The van der Waals surface area contributed by atoms with Crippen LogP contribution in [0.5, 0.6) is 0 Å². The van der Waals surface area contributed by atoms with E-state index in [2.05, 4.69) is 0 Å². The van der Waals surface area contributed by atoms with Crippen molar-refractivity contribution in [1.29, 1.82) is 5.39 Å². The Morgan fingerprint density at radius 3 is 1.59 bits per heavy atom. The Morgan fingerprint density at radius 1 is 0.773 bits per heavy atom. The summed E-state index contributed by atoms with van der Waals surface area (Å²) in [5.74, 6) is -14.0. The van der Waals surface area contributed by atoms with E-state index >= 15 is 0 Å². The van der Waals surface area contributed by atoms with Gasteiger partial charge in [-0.3, -0.25) is 0 Å². The Labute approximate surface area is 116 Å². The van der Waals surface area contributed by atoms with Crippen molar-refractivity contribution in [1.82, 2.24) is 0 Å². The third-order valence-corrected chi connectivity index (χ3v) is 2.48. The highest BCUT2D eigenvalue weighted by molar-refractivity contribution is 5.49. The Kier molecular flexibility index (Phi) is 4.24. The first-order valence-electron chi connectivity index (χ1n) is 5.21. The van der Waals surface area contributed by atoms with Crippen molar-refractivity contribution in [2.24, 2.45) is 0 Å². The maximum absolute atomic E-state index is 13.5. The first kappa shape index (κ1) is 17.9. The highest BCUT2D eigenvalue weighted by Gasteiger charge is 2.86. The quantitative estimate of drug-likeness (QED) is 0.345. The van der Waals surface area contributed by atoms with E-state index in [0.29, 0.717) is 12.1 Å². The fourth-order valence-corrected chi connectivity index (χ4v) is 1.34. The molecule has 12 heteroatoms. The average molecular weight is 338 g/mol. The summed E-state index contributed by atoms with van der Waals surface area (Å²) in [7, 11) is 0. The van der Waals surface area contributed by atoms with Crippen LogP contribution in [0, 0.1) is 5.39 Å². The third kappa shape index (κ3) is 2.51. The molecule has 3 nitrogen and oxygen atoms in total. The van der Waals surface area contributed by atoms with E-state index in [1.54, 1.807) is 5.08 Å². The summed E-state index contributed by atoms with van der Waals surface area (Å²) in [5, 5.41) is 8.73. The molecule has 0 bridgehead atoms. The van der Waals surface area contributed by atoms with Crippen molar-refractivity contribution in [3.8, 4) is 0 Å². The molecule has 1 aromatic rings. The molecule has 0 fully saturated rings. The van der Waals surface area contributed by atoms with Crippen molar-refractivity contribution < 1.29 is 39.5 Å². The van der Waals surface area contributed by atoms with Crippen LogP contribution < -0.4 is 5.01 Å². The second kappa shape index (κ2) is 5.22. The lowest BCUT2D eigenvalue weighted by atomic mass is 10.1. The van der Waals surface area contributed by atoms with Gasteiger partial charge in [0.1, 0.15) is 5.69 Å². The van der Waals surface area contributed by atoms with E-state index in [1.807, 2.05) is 0 Å². The molecule has 0 saturated heterocycles. The number of nitrogens with zero attached hydrogens (tertiary/aromatic N) is 3. The molecule has 122 valence electrons. The monoisotopic (exact) mass is 338 g/mol. The van der Waals surface area contributed by atoms with Gasteiger partial charge in [0.05, 0.1) is 5.01 Å². The van der Waals surface area contributed by atoms with Crippen molar-refractivity contribution >= 4 is 5.69 Å². The second-order valence-corrected chi connectivity index (χ2v) is 3.92. The lowest BCUT2D eigenvalue weighted by Gasteiger charge is -2.32. The van der Waals surface area contributed by atoms with Gasteiger partial charge in [0.25, 0.3) is 5.39 Å². The van der Waals surface area contributed by atoms with Crippen LogP contribution >= 0.6 is 0 Å². The molecular formula is C10H5F9N3+. The maximum atomic E-state index is 13.5. The molecule has 0 aliphatic carbocycles. The molecule has 0 atom stereocenters. The summed E-state index contributed by atoms with van der Waals surface area (Å²) >= 11 is 0. The van der Waals surface area contributed by atoms with E-state index < -0.39 is 34.8 Å². The zero-order valence-corrected chi connectivity index (χ0v) is 10.1. The van der Waals surface area contributed by atoms with E-state index in [-0.39, 0.29) is 0 Å². The van der Waals surface area contributed by atoms with Gasteiger partial charge in [0.2, 0.25) is 0 Å². The standard InChI is InChI=1S/C10H5F9N3/c11-7(12,9(15,16)17)8(13,14)10(18,19)22(21-20)6-4-2-1-3-5-6/h1-5H/q+1. The molecule has 0 radical (unpaired) electrons. The predicted octanol–water partition coefficient (Wildman–Crippen LogP) is 4.69. The van der Waals surface area contributed by atoms with Crippen molar-refractivity contribution in [2.45, 2.75) is 24.1 Å². The van der Waals surface area contributed by atoms with Gasteiger partial charge in [0, 0.05) is 0 Å². The SMILES string of the molecule is N#[N+]N(c1ccccc1)C(F)(F)C(F)(F)C(F)(F)C(F)(F)F. The van der Waals surface area contributed by atoms with Crippen LogP contribution in [-0.2, 0) is 0 Å². The van der Waals surface area contributed by atoms with Gasteiger partial charge in [-0.2, -0.15) is 39.5 Å². The molecule has 0 aromatic heterocycles. The van der Waals surface area contributed by atoms with E-state index in [0.717, 1.165) is 12.1 Å². The summed E-state index contributed by atoms with van der Waals surface area (Å²) in [6.45, 7) is 0. The normalized spacial score (nSPS) is 13.6. The first-order chi connectivity index (χ1) is 9.80. The number of diazo groups is 1. The van der Waals surface area contributed by atoms with Crippen LogP contribution in [0.3, 0.4) is 0 Å². The van der Waals surface area contributed by atoms with Gasteiger partial charge < -0.3 is 0 Å². The molecule has 0 spiro atoms. The van der Waals surface area contributed by atoms with Gasteiger partial charge in [-0.25, -0.2) is 0 Å². The molecule has 22 heavy (non-hydrogen) atoms. The van der Waals surface area contributed by atoms with E-state index in [1.165, 1.54) is 6.07 Å². The molecule has 0 amide bonds. The largest absolute Gasteiger partial charge is 0.463 e. The van der Waals surface area contributed by atoms with Crippen molar-refractivity contribution in [3.05, 3.63) is 35.4 Å². The summed E-state index contributed by atoms with van der Waals surface area (Å²) in [4.78, 5) is 0. The number of hydrogen-bond donors (Lipinski definition) is 0. The number of benzene rings is 1. The Balaban J connectivity index is 3.41. The Hall–Kier alpha value is -2.19. The minimum Gasteiger partial charge on any atom is -0.190 e. The second-order valence-electron chi connectivity index (χ2n) is 3.92. The first-order valence-corrected chi connectivity index (χ1v) is 5.21. The molecule has 0 aliphatic heterocycles. The van der Waals surface area contributed by atoms with Gasteiger partial charge in [0.15, 0.2) is 0 Å². The molecule has 1 aromatic carbocycles. The number of alkyl halides is 9. The lowest BCUT2D eigenvalue weighted by molar-refractivity contribution is -0.394. The van der Waals surface area contributed by atoms with Gasteiger partial charge >= 0.3 is 29.2 Å². The third-order valence-electron chi connectivity index (χ3n) is 2.48. The molecule has 0 aliphatic rings. The molecule has 0 saturated carbocycles. The Morgan fingerprint density at radius 2 is 1.23 bits per heavy atom. The number of hydrogen-bond acceptors (Lipinski definition) is 2. The highest BCUT2D eigenvalue weighted by atomic mass is 19.4. The topological polar surface area (TPSA) is 31.4 Å². The summed E-state index contributed by atoms with van der Waals surface area (Å²) in [6.07, 6.45) is -6.95. The van der Waals surface area contributed by atoms with Crippen LogP contribution in [0.25, 0.3) is 5.08 Å². The summed E-state index contributed by atoms with van der Waals surface area (Å²) in [5.41, 5.74) is -1.03. The van der Waals surface area contributed by atoms with Crippen LogP contribution in [0.1, 0.15) is 0 Å². The zero-order valence-electron chi connectivity index (χ0n) is 10.1. The van der Waals surface area contributed by atoms with Crippen molar-refractivity contribution in [3.63, 3.8) is 0 Å². The fraction of sp³-hybridized carbons (Fsp3) is 0.400. The molecule has 1 rings (SSSR count). The summed E-state index contributed by atoms with van der Waals surface area (Å²) in [6, 6.07) is -1.75. The molecular weight excluding hydrogens is 333 g/mol. The molecule has 0 N–H and O–H groups in total. The van der Waals surface area contributed by atoms with Crippen LogP contribution in [0.4, 0.5) is 45.2 Å². The Bertz CT molecular complexity index is 561. The van der Waals surface area contributed by atoms with Gasteiger partial charge in [-0.15, -0.1) is 0 Å². The molecule has 0 unspecified atom stereocenters. The van der Waals surface area contributed by atoms with Crippen molar-refractivity contribution in [2.75, 3.05) is 5.01 Å². The van der Waals surface area contributed by atoms with Gasteiger partial charge in [-0.1, -0.05) is 18.2 Å². The minimum absolute atomic E-state index is 0.634. The number of para-hydroxylation sites is 1. The highest BCUT2D eigenvalue weighted by Crippen LogP contribution is 2.54. The van der Waals surface area contributed by atoms with E-state index in [4.69, 9.17) is 5.39 Å². The van der Waals surface area contributed by atoms with Crippen LogP contribution in [0.2, 0.25) is 0 Å². The number of halogens is 9. The summed E-state index contributed by atoms with van der Waals surface area (Å²) < 4.78 is 115. The lowest BCUT2D eigenvalue weighted by Crippen LogP contribution is -2.65. The minimum atomic E-state index is -7.07. The smallest absolute Gasteiger partial charge is 0.190 e. The predicted molar refractivity (Wildman–Crippen MR) is 54.9 cm³/mol. The zero-order chi connectivity index (χ0) is 17.4. The fourth-order valence-electron chi connectivity index (χ4n) is 1.34. The van der Waals surface area contributed by atoms with Gasteiger partial charge in [-0.05, 0) is 12.1 Å². The van der Waals surface area contributed by atoms with Crippen LogP contribution in [-0.4, -0.2) is 24.1 Å². The maximum Gasteiger partial charge on any atom is 0.463 e. The average Bonchev–Trinajstić information content (AvgIpc) is 2.38. The molecule has 0 heterocycles. The number of anilines is 1.